The van der Waals surface area contributed by atoms with Crippen molar-refractivity contribution < 1.29 is 13.6 Å². The molecule has 12 rings (SSSR count). The van der Waals surface area contributed by atoms with Crippen LogP contribution in [0.15, 0.2) is 203 Å². The number of allylic oxidation sites excluding steroid dienone is 6. The number of fused-ring (bicyclic) bond motifs is 9. The van der Waals surface area contributed by atoms with E-state index in [1.54, 1.807) is 0 Å². The van der Waals surface area contributed by atoms with Crippen LogP contribution in [0.5, 0.6) is 5.75 Å². The Balaban J connectivity index is 0.944. The number of hydrogen-bond donors (Lipinski definition) is 0. The van der Waals surface area contributed by atoms with Crippen molar-refractivity contribution in [2.45, 2.75) is 24.8 Å². The topological polar surface area (TPSA) is 38.8 Å². The minimum atomic E-state index is 0.0762. The van der Waals surface area contributed by atoms with Crippen molar-refractivity contribution in [2.24, 2.45) is 0 Å². The number of anilines is 2. The molecule has 3 aliphatic rings. The molecular formula is C54H37NO3. The molecule has 0 N–H and O–H groups in total. The van der Waals surface area contributed by atoms with Crippen molar-refractivity contribution in [3.05, 3.63) is 211 Å². The summed E-state index contributed by atoms with van der Waals surface area (Å²) in [6, 6.07) is 56.1. The minimum Gasteiger partial charge on any atom is -0.460 e. The van der Waals surface area contributed by atoms with Gasteiger partial charge in [0.15, 0.2) is 0 Å². The molecule has 2 aliphatic carbocycles. The quantitative estimate of drug-likeness (QED) is 0.170. The third-order valence-corrected chi connectivity index (χ3v) is 12.1. The van der Waals surface area contributed by atoms with Crippen molar-refractivity contribution in [2.75, 3.05) is 4.90 Å². The molecule has 0 radical (unpaired) electrons. The third kappa shape index (κ3) is 5.37. The molecule has 0 spiro atoms. The van der Waals surface area contributed by atoms with Crippen molar-refractivity contribution in [1.29, 1.82) is 0 Å². The van der Waals surface area contributed by atoms with E-state index in [0.717, 1.165) is 102 Å². The number of nitrogens with zero attached hydrogens (tertiary/aromatic N) is 1. The van der Waals surface area contributed by atoms with Crippen LogP contribution in [0.3, 0.4) is 0 Å². The molecule has 0 fully saturated rings. The number of ether oxygens (including phenoxy) is 1. The zero-order valence-electron chi connectivity index (χ0n) is 31.6. The fraction of sp³-hybridized carbons (Fsp3) is 0.0741. The molecule has 2 unspecified atom stereocenters. The number of rotatable bonds is 6. The van der Waals surface area contributed by atoms with Gasteiger partial charge >= 0.3 is 0 Å². The summed E-state index contributed by atoms with van der Waals surface area (Å²) in [4.78, 5) is 2.49. The number of furan rings is 2. The summed E-state index contributed by atoms with van der Waals surface area (Å²) in [7, 11) is 0. The standard InChI is InChI=1S/C54H37NO3/c1-6-21-51-43(14-1)46-18-9-17-42(54(46)58-51)38-11-8-13-41(31-38)55(39-26-22-34(23-27-39)36-24-28-52-47(32-36)44-15-2-4-19-49(44)56-52)40-12-7-10-35(30-40)37-25-29-53-48(33-37)45-16-3-5-20-50(45)57-53/h1-17,19-26,28-33,39,46H,18,27H2. The van der Waals surface area contributed by atoms with Gasteiger partial charge in [0, 0.05) is 50.0 Å². The molecule has 4 nitrogen and oxygen atoms in total. The van der Waals surface area contributed by atoms with Crippen molar-refractivity contribution in [1.82, 2.24) is 0 Å². The van der Waals surface area contributed by atoms with E-state index in [2.05, 4.69) is 169 Å². The predicted octanol–water partition coefficient (Wildman–Crippen LogP) is 14.5. The van der Waals surface area contributed by atoms with Gasteiger partial charge in [0.25, 0.3) is 0 Å². The Hall–Kier alpha value is -7.30. The van der Waals surface area contributed by atoms with Gasteiger partial charge in [-0.3, -0.25) is 0 Å². The zero-order chi connectivity index (χ0) is 38.2. The Kier molecular flexibility index (Phi) is 7.45. The Bertz CT molecular complexity index is 3240. The largest absolute Gasteiger partial charge is 0.460 e. The first-order chi connectivity index (χ1) is 28.7. The number of para-hydroxylation sites is 3. The summed E-state index contributed by atoms with van der Waals surface area (Å²) in [5, 5.41) is 4.55. The molecule has 58 heavy (non-hydrogen) atoms. The first kappa shape index (κ1) is 32.9. The molecule has 0 saturated carbocycles. The molecule has 0 saturated heterocycles. The Morgan fingerprint density at radius 1 is 0.483 bits per heavy atom. The van der Waals surface area contributed by atoms with Crippen LogP contribution in [0, 0.1) is 0 Å². The van der Waals surface area contributed by atoms with Gasteiger partial charge in [-0.25, -0.2) is 0 Å². The zero-order valence-corrected chi connectivity index (χ0v) is 31.6. The van der Waals surface area contributed by atoms with Gasteiger partial charge in [-0.05, 0) is 107 Å². The highest BCUT2D eigenvalue weighted by molar-refractivity contribution is 6.07. The molecule has 7 aromatic carbocycles. The highest BCUT2D eigenvalue weighted by atomic mass is 16.5. The maximum atomic E-state index is 6.58. The average molecular weight is 748 g/mol. The fourth-order valence-corrected chi connectivity index (χ4v) is 9.33. The SMILES string of the molecule is C1=CC(c2cccc(N(c3cccc(-c4ccc5oc6ccccc6c5c4)c3)C3C=CC(c4ccc5oc6ccccc6c5c4)=CC3)c2)=C2Oc3ccccc3C2C1. The third-order valence-electron chi connectivity index (χ3n) is 12.1. The molecular weight excluding hydrogens is 711 g/mol. The van der Waals surface area contributed by atoms with E-state index in [0.29, 0.717) is 0 Å². The maximum Gasteiger partial charge on any atom is 0.135 e. The second-order valence-electron chi connectivity index (χ2n) is 15.5. The van der Waals surface area contributed by atoms with E-state index >= 15 is 0 Å². The van der Waals surface area contributed by atoms with Gasteiger partial charge in [-0.1, -0.05) is 121 Å². The highest BCUT2D eigenvalue weighted by Gasteiger charge is 2.33. The highest BCUT2D eigenvalue weighted by Crippen LogP contribution is 2.48. The van der Waals surface area contributed by atoms with E-state index in [-0.39, 0.29) is 12.0 Å². The Morgan fingerprint density at radius 2 is 1.10 bits per heavy atom. The van der Waals surface area contributed by atoms with Crippen LogP contribution in [0.25, 0.3) is 66.2 Å². The molecule has 0 bridgehead atoms. The smallest absolute Gasteiger partial charge is 0.135 e. The lowest BCUT2D eigenvalue weighted by Gasteiger charge is -2.34. The van der Waals surface area contributed by atoms with Gasteiger partial charge in [0.2, 0.25) is 0 Å². The molecule has 1 aliphatic heterocycles. The first-order valence-electron chi connectivity index (χ1n) is 20.1. The van der Waals surface area contributed by atoms with Gasteiger partial charge < -0.3 is 18.5 Å². The monoisotopic (exact) mass is 747 g/mol. The lowest BCUT2D eigenvalue weighted by Crippen LogP contribution is -2.30. The summed E-state index contributed by atoms with van der Waals surface area (Å²) in [5.74, 6) is 2.25. The second kappa shape index (κ2) is 13.1. The van der Waals surface area contributed by atoms with E-state index in [4.69, 9.17) is 13.6 Å². The van der Waals surface area contributed by atoms with Crippen LogP contribution < -0.4 is 9.64 Å². The second-order valence-corrected chi connectivity index (χ2v) is 15.5. The summed E-state index contributed by atoms with van der Waals surface area (Å²) < 4.78 is 18.9. The number of benzene rings is 7. The van der Waals surface area contributed by atoms with Gasteiger partial charge in [0.1, 0.15) is 33.8 Å². The van der Waals surface area contributed by atoms with Crippen LogP contribution in [-0.2, 0) is 0 Å². The number of hydrogen-bond acceptors (Lipinski definition) is 4. The summed E-state index contributed by atoms with van der Waals surface area (Å²) in [5.41, 5.74) is 14.2. The van der Waals surface area contributed by atoms with Gasteiger partial charge in [-0.2, -0.15) is 0 Å². The van der Waals surface area contributed by atoms with E-state index < -0.39 is 0 Å². The molecule has 276 valence electrons. The molecule has 2 atom stereocenters. The first-order valence-corrected chi connectivity index (χ1v) is 20.1. The molecule has 3 heterocycles. The van der Waals surface area contributed by atoms with Crippen LogP contribution in [0.2, 0.25) is 0 Å². The van der Waals surface area contributed by atoms with Crippen LogP contribution in [0.1, 0.15) is 35.4 Å². The van der Waals surface area contributed by atoms with Gasteiger partial charge in [0.05, 0.1) is 6.04 Å². The lowest BCUT2D eigenvalue weighted by atomic mass is 9.87. The van der Waals surface area contributed by atoms with Crippen molar-refractivity contribution in [3.8, 4) is 16.9 Å². The van der Waals surface area contributed by atoms with Crippen LogP contribution in [0.4, 0.5) is 11.4 Å². The van der Waals surface area contributed by atoms with Crippen LogP contribution >= 0.6 is 0 Å². The normalized spacial score (nSPS) is 17.2. The lowest BCUT2D eigenvalue weighted by molar-refractivity contribution is 0.429. The van der Waals surface area contributed by atoms with Crippen LogP contribution in [-0.4, -0.2) is 6.04 Å². The van der Waals surface area contributed by atoms with E-state index in [1.807, 2.05) is 24.3 Å². The van der Waals surface area contributed by atoms with E-state index in [1.165, 1.54) is 16.7 Å². The average Bonchev–Trinajstić information content (AvgIpc) is 3.98. The Labute approximate surface area is 335 Å². The Morgan fingerprint density at radius 3 is 1.84 bits per heavy atom. The molecule has 0 amide bonds. The van der Waals surface area contributed by atoms with Crippen molar-refractivity contribution in [3.63, 3.8) is 0 Å². The molecule has 2 aromatic heterocycles. The molecule has 9 aromatic rings. The van der Waals surface area contributed by atoms with E-state index in [9.17, 15) is 0 Å². The maximum absolute atomic E-state index is 6.58. The summed E-state index contributed by atoms with van der Waals surface area (Å²) in [6.45, 7) is 0. The summed E-state index contributed by atoms with van der Waals surface area (Å²) in [6.07, 6.45) is 13.4. The minimum absolute atomic E-state index is 0.0762. The van der Waals surface area contributed by atoms with Gasteiger partial charge in [-0.15, -0.1) is 0 Å². The fourth-order valence-electron chi connectivity index (χ4n) is 9.33. The molecule has 4 heteroatoms. The summed E-state index contributed by atoms with van der Waals surface area (Å²) >= 11 is 0. The van der Waals surface area contributed by atoms with Crippen molar-refractivity contribution >= 4 is 66.4 Å². The predicted molar refractivity (Wildman–Crippen MR) is 237 cm³/mol.